The summed E-state index contributed by atoms with van der Waals surface area (Å²) >= 11 is 0. The minimum Gasteiger partial charge on any atom is -0.419 e. The molecule has 31 heavy (non-hydrogen) atoms. The lowest BCUT2D eigenvalue weighted by atomic mass is 10.0. The molecule has 0 amide bonds. The summed E-state index contributed by atoms with van der Waals surface area (Å²) in [5, 5.41) is 11.1. The van der Waals surface area contributed by atoms with Crippen LogP contribution in [0.3, 0.4) is 0 Å². The molecule has 3 aromatic carbocycles. The van der Waals surface area contributed by atoms with Crippen LogP contribution in [-0.4, -0.2) is 0 Å². The van der Waals surface area contributed by atoms with Gasteiger partial charge in [0, 0.05) is 6.07 Å². The van der Waals surface area contributed by atoms with Gasteiger partial charge in [-0.2, -0.15) is 5.26 Å². The van der Waals surface area contributed by atoms with Crippen molar-refractivity contribution in [2.24, 2.45) is 0 Å². The van der Waals surface area contributed by atoms with Crippen molar-refractivity contribution in [1.82, 2.24) is 0 Å². The third-order valence-electron chi connectivity index (χ3n) is 5.29. The molecule has 0 aliphatic rings. The molecule has 0 fully saturated rings. The van der Waals surface area contributed by atoms with E-state index >= 15 is 0 Å². The van der Waals surface area contributed by atoms with E-state index in [2.05, 4.69) is 6.92 Å². The Morgan fingerprint density at radius 2 is 1.48 bits per heavy atom. The normalized spacial score (nSPS) is 10.8. The van der Waals surface area contributed by atoms with Gasteiger partial charge in [-0.15, -0.1) is 0 Å². The van der Waals surface area contributed by atoms with Gasteiger partial charge >= 0.3 is 11.3 Å². The maximum atomic E-state index is 13.1. The molecule has 0 aliphatic carbocycles. The number of nitriles is 1. The molecule has 154 valence electrons. The van der Waals surface area contributed by atoms with Crippen molar-refractivity contribution in [2.45, 2.75) is 32.6 Å². The van der Waals surface area contributed by atoms with Crippen molar-refractivity contribution in [3.63, 3.8) is 0 Å². The molecular weight excluding hydrogens is 390 g/mol. The Morgan fingerprint density at radius 1 is 0.774 bits per heavy atom. The second-order valence-electron chi connectivity index (χ2n) is 7.43. The van der Waals surface area contributed by atoms with E-state index in [4.69, 9.17) is 8.83 Å². The third kappa shape index (κ3) is 4.19. The second-order valence-corrected chi connectivity index (χ2v) is 7.43. The SMILES string of the molecule is CCCCCc1ccc2c(=O)oc3ccc(C#N)cc3oc(=O)c3ccccc3c2c1. The maximum absolute atomic E-state index is 13.1. The number of hydrogen-bond donors (Lipinski definition) is 0. The first-order chi connectivity index (χ1) is 15.1. The lowest BCUT2D eigenvalue weighted by molar-refractivity contribution is 0.534. The van der Waals surface area contributed by atoms with Gasteiger partial charge in [-0.25, -0.2) is 9.59 Å². The quantitative estimate of drug-likeness (QED) is 0.397. The highest BCUT2D eigenvalue weighted by molar-refractivity contribution is 6.04. The van der Waals surface area contributed by atoms with Gasteiger partial charge in [-0.05, 0) is 53.4 Å². The van der Waals surface area contributed by atoms with Gasteiger partial charge in [0.25, 0.3) is 0 Å². The van der Waals surface area contributed by atoms with Gasteiger partial charge in [0.05, 0.1) is 22.4 Å². The largest absolute Gasteiger partial charge is 0.419 e. The summed E-state index contributed by atoms with van der Waals surface area (Å²) in [5.74, 6) is 0. The molecule has 0 saturated carbocycles. The smallest absolute Gasteiger partial charge is 0.344 e. The Morgan fingerprint density at radius 3 is 2.23 bits per heavy atom. The summed E-state index contributed by atoms with van der Waals surface area (Å²) in [7, 11) is 0. The first-order valence-electron chi connectivity index (χ1n) is 10.3. The Kier molecular flexibility index (Phi) is 5.81. The van der Waals surface area contributed by atoms with E-state index < -0.39 is 11.3 Å². The molecule has 4 rings (SSSR count). The van der Waals surface area contributed by atoms with Gasteiger partial charge in [-0.1, -0.05) is 50.1 Å². The molecule has 0 bridgehead atoms. The number of hydrogen-bond acceptors (Lipinski definition) is 5. The van der Waals surface area contributed by atoms with E-state index in [0.717, 1.165) is 31.2 Å². The van der Waals surface area contributed by atoms with Crippen LogP contribution in [0.1, 0.15) is 37.3 Å². The number of aryl methyl sites for hydroxylation is 1. The van der Waals surface area contributed by atoms with Crippen LogP contribution in [-0.2, 0) is 6.42 Å². The standard InChI is InChI=1S/C26H21NO4/c1-2-3-4-7-17-10-12-21-22(14-17)19-8-5-6-9-20(19)25(28)31-24-15-18(16-27)11-13-23(24)30-26(21)29/h5-6,8-15H,2-4,7H2,1H3. The number of unbranched alkanes of at least 4 members (excludes halogenated alkanes) is 2. The minimum absolute atomic E-state index is 0.0341. The van der Waals surface area contributed by atoms with Crippen LogP contribution in [0.5, 0.6) is 0 Å². The zero-order valence-corrected chi connectivity index (χ0v) is 17.2. The fourth-order valence-corrected chi connectivity index (χ4v) is 3.67. The first-order valence-corrected chi connectivity index (χ1v) is 10.3. The highest BCUT2D eigenvalue weighted by Gasteiger charge is 2.08. The minimum atomic E-state index is -0.577. The van der Waals surface area contributed by atoms with Gasteiger partial charge in [-0.3, -0.25) is 0 Å². The lowest BCUT2D eigenvalue weighted by Gasteiger charge is -2.04. The fraction of sp³-hybridized carbons (Fsp3) is 0.192. The fourth-order valence-electron chi connectivity index (χ4n) is 3.67. The van der Waals surface area contributed by atoms with Crippen LogP contribution in [0.2, 0.25) is 0 Å². The third-order valence-corrected chi connectivity index (χ3v) is 5.29. The van der Waals surface area contributed by atoms with Crippen LogP contribution >= 0.6 is 0 Å². The molecular formula is C26H21NO4. The average molecular weight is 411 g/mol. The van der Waals surface area contributed by atoms with Crippen molar-refractivity contribution in [3.05, 3.63) is 92.6 Å². The summed E-state index contributed by atoms with van der Waals surface area (Å²) < 4.78 is 11.1. The average Bonchev–Trinajstić information content (AvgIpc) is 2.79. The predicted molar refractivity (Wildman–Crippen MR) is 122 cm³/mol. The van der Waals surface area contributed by atoms with Crippen LogP contribution in [0.4, 0.5) is 0 Å². The summed E-state index contributed by atoms with van der Waals surface area (Å²) in [6.07, 6.45) is 4.20. The van der Waals surface area contributed by atoms with Crippen molar-refractivity contribution in [1.29, 1.82) is 5.26 Å². The number of fused-ring (bicyclic) bond motifs is 4. The van der Waals surface area contributed by atoms with Crippen molar-refractivity contribution in [3.8, 4) is 6.07 Å². The van der Waals surface area contributed by atoms with Gasteiger partial charge in [0.1, 0.15) is 0 Å². The highest BCUT2D eigenvalue weighted by Crippen LogP contribution is 2.22. The van der Waals surface area contributed by atoms with Crippen molar-refractivity contribution in [2.75, 3.05) is 0 Å². The molecule has 1 heterocycles. The van der Waals surface area contributed by atoms with Crippen molar-refractivity contribution < 1.29 is 8.83 Å². The summed E-state index contributed by atoms with van der Waals surface area (Å²) in [6, 6.07) is 19.1. The Labute approximate surface area is 178 Å². The van der Waals surface area contributed by atoms with E-state index in [1.54, 1.807) is 24.3 Å². The summed E-state index contributed by atoms with van der Waals surface area (Å²) in [4.78, 5) is 26.1. The molecule has 0 atom stereocenters. The molecule has 1 aromatic heterocycles. The molecule has 0 spiro atoms. The van der Waals surface area contributed by atoms with E-state index in [9.17, 15) is 14.9 Å². The highest BCUT2D eigenvalue weighted by atomic mass is 16.4. The Balaban J connectivity index is 2.17. The van der Waals surface area contributed by atoms with Gasteiger partial charge in [0.15, 0.2) is 11.2 Å². The molecule has 0 saturated heterocycles. The van der Waals surface area contributed by atoms with Crippen LogP contribution in [0.15, 0.2) is 79.1 Å². The topological polar surface area (TPSA) is 84.2 Å². The molecule has 0 unspecified atom stereocenters. The number of rotatable bonds is 4. The molecule has 0 aliphatic heterocycles. The van der Waals surface area contributed by atoms with E-state index in [0.29, 0.717) is 27.1 Å². The zero-order chi connectivity index (χ0) is 21.8. The lowest BCUT2D eigenvalue weighted by Crippen LogP contribution is -2.01. The van der Waals surface area contributed by atoms with E-state index in [1.807, 2.05) is 24.3 Å². The summed E-state index contributed by atoms with van der Waals surface area (Å²) in [6.45, 7) is 2.16. The number of benzene rings is 3. The summed E-state index contributed by atoms with van der Waals surface area (Å²) in [5.41, 5.74) is 0.395. The molecule has 4 aromatic rings. The van der Waals surface area contributed by atoms with Gasteiger partial charge < -0.3 is 8.83 Å². The predicted octanol–water partition coefficient (Wildman–Crippen LogP) is 5.78. The molecule has 5 nitrogen and oxygen atoms in total. The Hall–Kier alpha value is -3.91. The van der Waals surface area contributed by atoms with Crippen LogP contribution in [0, 0.1) is 11.3 Å². The molecule has 5 heteroatoms. The first kappa shape index (κ1) is 20.4. The number of nitrogens with zero attached hydrogens (tertiary/aromatic N) is 1. The van der Waals surface area contributed by atoms with Crippen LogP contribution < -0.4 is 11.3 Å². The monoisotopic (exact) mass is 411 g/mol. The van der Waals surface area contributed by atoms with Crippen LogP contribution in [0.25, 0.3) is 32.7 Å². The molecule has 0 N–H and O–H groups in total. The van der Waals surface area contributed by atoms with E-state index in [1.165, 1.54) is 18.2 Å². The maximum Gasteiger partial charge on any atom is 0.344 e. The van der Waals surface area contributed by atoms with E-state index in [-0.39, 0.29) is 11.2 Å². The Bertz CT molecular complexity index is 1500. The molecule has 0 radical (unpaired) electrons. The zero-order valence-electron chi connectivity index (χ0n) is 17.2. The van der Waals surface area contributed by atoms with Crippen molar-refractivity contribution >= 4 is 32.7 Å². The van der Waals surface area contributed by atoms with Gasteiger partial charge in [0.2, 0.25) is 0 Å². The second kappa shape index (κ2) is 8.85.